The van der Waals surface area contributed by atoms with E-state index >= 15 is 4.39 Å². The fraction of sp³-hybridized carbons (Fsp3) is 0.367. The van der Waals surface area contributed by atoms with Crippen molar-refractivity contribution in [3.05, 3.63) is 85.3 Å². The standard InChI is InChI=1S/C30H28FN3O6/c1-3-30(38)20-8-24-27-18(11-34(24)28(36)19(20)13-39-29(30)37)26-22(32-10-15-4-5-16(12-35)40-15)7-6-17-14(2)21(31)9-23(33-27)25(17)26/h4-5,8-9,22,32,35,38H,3,6-7,10-13H2,1-2H3/t22-,30-/m0/s1. The van der Waals surface area contributed by atoms with Crippen LogP contribution in [0.15, 0.2) is 33.5 Å². The van der Waals surface area contributed by atoms with E-state index in [9.17, 15) is 19.8 Å². The smallest absolute Gasteiger partial charge is 0.343 e. The van der Waals surface area contributed by atoms with Crippen molar-refractivity contribution in [1.29, 1.82) is 0 Å². The summed E-state index contributed by atoms with van der Waals surface area (Å²) in [6.07, 6.45) is 1.42. The number of hydrogen-bond donors (Lipinski definition) is 3. The molecule has 40 heavy (non-hydrogen) atoms. The first-order chi connectivity index (χ1) is 19.2. The topological polar surface area (TPSA) is 127 Å². The van der Waals surface area contributed by atoms with Crippen LogP contribution in [0.2, 0.25) is 0 Å². The summed E-state index contributed by atoms with van der Waals surface area (Å²) < 4.78 is 27.5. The summed E-state index contributed by atoms with van der Waals surface area (Å²) in [7, 11) is 0. The molecule has 0 unspecified atom stereocenters. The predicted octanol–water partition coefficient (Wildman–Crippen LogP) is 3.39. The van der Waals surface area contributed by atoms with E-state index < -0.39 is 11.6 Å². The molecule has 7 rings (SSSR count). The van der Waals surface area contributed by atoms with Crippen molar-refractivity contribution in [3.8, 4) is 11.4 Å². The second-order valence-electron chi connectivity index (χ2n) is 10.8. The Morgan fingerprint density at radius 2 is 2.00 bits per heavy atom. The van der Waals surface area contributed by atoms with E-state index in [2.05, 4.69) is 5.32 Å². The van der Waals surface area contributed by atoms with Crippen LogP contribution in [0.25, 0.3) is 22.3 Å². The number of aliphatic hydroxyl groups excluding tert-OH is 1. The maximum Gasteiger partial charge on any atom is 0.343 e. The Bertz CT molecular complexity index is 1810. The summed E-state index contributed by atoms with van der Waals surface area (Å²) in [6, 6.07) is 6.54. The summed E-state index contributed by atoms with van der Waals surface area (Å²) in [4.78, 5) is 31.1. The number of ether oxygens (including phenoxy) is 1. The largest absolute Gasteiger partial charge is 0.462 e. The molecule has 1 aliphatic carbocycles. The van der Waals surface area contributed by atoms with Crippen molar-refractivity contribution in [2.45, 2.75) is 71.1 Å². The lowest BCUT2D eigenvalue weighted by molar-refractivity contribution is -0.172. The average molecular weight is 546 g/mol. The Labute approximate surface area is 228 Å². The minimum absolute atomic E-state index is 0.0512. The quantitative estimate of drug-likeness (QED) is 0.287. The third-order valence-electron chi connectivity index (χ3n) is 8.77. The molecule has 0 saturated carbocycles. The van der Waals surface area contributed by atoms with Gasteiger partial charge in [0.25, 0.3) is 5.56 Å². The third kappa shape index (κ3) is 3.39. The second kappa shape index (κ2) is 8.82. The maximum absolute atomic E-state index is 15.1. The molecule has 0 bridgehead atoms. The molecule has 0 saturated heterocycles. The summed E-state index contributed by atoms with van der Waals surface area (Å²) in [5.74, 6) is 0.0591. The van der Waals surface area contributed by atoms with Gasteiger partial charge in [-0.1, -0.05) is 6.92 Å². The monoisotopic (exact) mass is 545 g/mol. The van der Waals surface area contributed by atoms with Gasteiger partial charge in [-0.05, 0) is 61.1 Å². The van der Waals surface area contributed by atoms with Crippen LogP contribution in [-0.2, 0) is 47.9 Å². The fourth-order valence-electron chi connectivity index (χ4n) is 6.58. The van der Waals surface area contributed by atoms with E-state index in [1.807, 2.05) is 6.07 Å². The van der Waals surface area contributed by atoms with Crippen LogP contribution in [0.5, 0.6) is 0 Å². The number of benzene rings is 1. The Kier molecular flexibility index (Phi) is 5.54. The molecular weight excluding hydrogens is 517 g/mol. The van der Waals surface area contributed by atoms with Crippen LogP contribution in [0.4, 0.5) is 4.39 Å². The van der Waals surface area contributed by atoms with Crippen LogP contribution < -0.4 is 10.9 Å². The molecule has 10 heteroatoms. The SMILES string of the molecule is CC[C@@]1(O)C(=O)OCc2c1cc1n(c2=O)Cc2c-1nc1cc(F)c(C)c3c1c2[C@@H](NCc1ccc(CO)o1)CC3. The Balaban J connectivity index is 1.43. The average Bonchev–Trinajstić information content (AvgIpc) is 3.58. The third-order valence-corrected chi connectivity index (χ3v) is 8.77. The van der Waals surface area contributed by atoms with Crippen molar-refractivity contribution in [2.75, 3.05) is 0 Å². The minimum atomic E-state index is -1.92. The summed E-state index contributed by atoms with van der Waals surface area (Å²) in [5.41, 5.74) is 3.12. The lowest BCUT2D eigenvalue weighted by Crippen LogP contribution is -2.44. The van der Waals surface area contributed by atoms with Gasteiger partial charge >= 0.3 is 5.97 Å². The summed E-state index contributed by atoms with van der Waals surface area (Å²) in [5, 5.41) is 25.0. The highest BCUT2D eigenvalue weighted by atomic mass is 19.1. The van der Waals surface area contributed by atoms with Crippen molar-refractivity contribution < 1.29 is 28.6 Å². The van der Waals surface area contributed by atoms with Crippen LogP contribution in [0, 0.1) is 12.7 Å². The number of carbonyl (C=O) groups is 1. The molecule has 0 amide bonds. The number of pyridine rings is 2. The number of cyclic esters (lactones) is 1. The summed E-state index contributed by atoms with van der Waals surface area (Å²) >= 11 is 0. The minimum Gasteiger partial charge on any atom is -0.462 e. The number of aryl methyl sites for hydroxylation is 1. The first-order valence-electron chi connectivity index (χ1n) is 13.5. The van der Waals surface area contributed by atoms with Gasteiger partial charge in [0.05, 0.1) is 35.6 Å². The van der Waals surface area contributed by atoms with E-state index in [4.69, 9.17) is 14.1 Å². The number of carbonyl (C=O) groups excluding carboxylic acids is 1. The van der Waals surface area contributed by atoms with Gasteiger partial charge in [0.15, 0.2) is 5.60 Å². The number of aromatic nitrogens is 2. The molecule has 3 aromatic heterocycles. The Morgan fingerprint density at radius 3 is 2.75 bits per heavy atom. The zero-order valence-corrected chi connectivity index (χ0v) is 22.1. The highest BCUT2D eigenvalue weighted by Crippen LogP contribution is 2.46. The van der Waals surface area contributed by atoms with Gasteiger partial charge < -0.3 is 29.3 Å². The molecule has 0 fully saturated rings. The lowest BCUT2D eigenvalue weighted by atomic mass is 9.81. The van der Waals surface area contributed by atoms with Crippen LogP contribution in [0.3, 0.4) is 0 Å². The molecule has 5 heterocycles. The molecule has 2 aliphatic heterocycles. The molecule has 3 aliphatic rings. The second-order valence-corrected chi connectivity index (χ2v) is 10.8. The zero-order chi connectivity index (χ0) is 27.9. The molecule has 0 radical (unpaired) electrons. The Hall–Kier alpha value is -3.86. The van der Waals surface area contributed by atoms with Gasteiger partial charge in [-0.25, -0.2) is 14.2 Å². The number of halogens is 1. The van der Waals surface area contributed by atoms with Gasteiger partial charge in [-0.2, -0.15) is 0 Å². The van der Waals surface area contributed by atoms with Crippen LogP contribution >= 0.6 is 0 Å². The number of aliphatic hydroxyl groups is 2. The van der Waals surface area contributed by atoms with Gasteiger partial charge in [0.1, 0.15) is 30.6 Å². The molecule has 2 atom stereocenters. The van der Waals surface area contributed by atoms with E-state index in [0.29, 0.717) is 53.4 Å². The van der Waals surface area contributed by atoms with Crippen molar-refractivity contribution >= 4 is 16.9 Å². The van der Waals surface area contributed by atoms with E-state index in [1.54, 1.807) is 30.5 Å². The zero-order valence-electron chi connectivity index (χ0n) is 22.1. The van der Waals surface area contributed by atoms with Gasteiger partial charge in [0, 0.05) is 28.6 Å². The number of esters is 1. The fourth-order valence-corrected chi connectivity index (χ4v) is 6.58. The highest BCUT2D eigenvalue weighted by Gasteiger charge is 2.46. The number of hydrogen-bond acceptors (Lipinski definition) is 8. The number of nitrogens with one attached hydrogen (secondary N) is 1. The van der Waals surface area contributed by atoms with Gasteiger partial charge in [-0.15, -0.1) is 0 Å². The van der Waals surface area contributed by atoms with E-state index in [0.717, 1.165) is 22.1 Å². The molecule has 1 aromatic carbocycles. The molecule has 3 N–H and O–H groups in total. The molecule has 0 spiro atoms. The predicted molar refractivity (Wildman–Crippen MR) is 142 cm³/mol. The first kappa shape index (κ1) is 25.1. The Morgan fingerprint density at radius 1 is 1.20 bits per heavy atom. The number of rotatable bonds is 5. The van der Waals surface area contributed by atoms with Gasteiger partial charge in [0.2, 0.25) is 0 Å². The van der Waals surface area contributed by atoms with Crippen LogP contribution in [-0.4, -0.2) is 25.7 Å². The van der Waals surface area contributed by atoms with Crippen molar-refractivity contribution in [2.24, 2.45) is 0 Å². The van der Waals surface area contributed by atoms with E-state index in [-0.39, 0.29) is 54.7 Å². The molecule has 4 aromatic rings. The summed E-state index contributed by atoms with van der Waals surface area (Å²) in [6.45, 7) is 3.74. The number of fused-ring (bicyclic) bond motifs is 5. The van der Waals surface area contributed by atoms with E-state index in [1.165, 1.54) is 6.07 Å². The van der Waals surface area contributed by atoms with Gasteiger partial charge in [-0.3, -0.25) is 4.79 Å². The highest BCUT2D eigenvalue weighted by molar-refractivity contribution is 5.93. The van der Waals surface area contributed by atoms with Crippen molar-refractivity contribution in [3.63, 3.8) is 0 Å². The molecular formula is C30H28FN3O6. The molecule has 206 valence electrons. The lowest BCUT2D eigenvalue weighted by Gasteiger charge is -2.31. The first-order valence-corrected chi connectivity index (χ1v) is 13.5. The normalized spacial score (nSPS) is 20.8. The molecule has 9 nitrogen and oxygen atoms in total. The number of furan rings is 1. The maximum atomic E-state index is 15.1. The number of nitrogens with zero attached hydrogens (tertiary/aromatic N) is 2. The van der Waals surface area contributed by atoms with Crippen LogP contribution in [0.1, 0.15) is 70.7 Å². The van der Waals surface area contributed by atoms with Crippen molar-refractivity contribution in [1.82, 2.24) is 14.9 Å².